The minimum atomic E-state index is 0.482. The highest BCUT2D eigenvalue weighted by molar-refractivity contribution is 7.98. The minimum absolute atomic E-state index is 0.482. The van der Waals surface area contributed by atoms with Crippen molar-refractivity contribution in [2.75, 3.05) is 7.11 Å². The largest absolute Gasteiger partial charge is 0.495 e. The van der Waals surface area contributed by atoms with Crippen LogP contribution in [0, 0.1) is 6.92 Å². The minimum Gasteiger partial charge on any atom is -0.495 e. The van der Waals surface area contributed by atoms with Crippen LogP contribution in [0.4, 0.5) is 0 Å². The summed E-state index contributed by atoms with van der Waals surface area (Å²) in [4.78, 5) is 3.37. The topological polar surface area (TPSA) is 78.9 Å². The molecule has 4 aromatic heterocycles. The molecule has 0 saturated carbocycles. The first-order chi connectivity index (χ1) is 16.2. The van der Waals surface area contributed by atoms with Gasteiger partial charge in [-0.2, -0.15) is 0 Å². The molecule has 4 heterocycles. The molecule has 0 N–H and O–H groups in total. The van der Waals surface area contributed by atoms with Crippen LogP contribution in [0.25, 0.3) is 27.2 Å². The lowest BCUT2D eigenvalue weighted by molar-refractivity contribution is 0.412. The number of rotatable bonds is 8. The molecule has 0 amide bonds. The molecule has 5 rings (SSSR count). The Morgan fingerprint density at radius 1 is 1.06 bits per heavy atom. The van der Waals surface area contributed by atoms with Crippen LogP contribution in [0.2, 0.25) is 0 Å². The maximum Gasteiger partial charge on any atom is 0.257 e. The standard InChI is InChI=1S/C23H21N5O2S3/c1-4-17-14(2)12-19(33-17)22-26-24-20(30-22)13-32-23-27-25-21(18-10-7-11-31-18)28(23)15-8-5-6-9-16(15)29-3/h5-12H,4,13H2,1-3H3. The van der Waals surface area contributed by atoms with E-state index >= 15 is 0 Å². The molecular weight excluding hydrogens is 474 g/mol. The van der Waals surface area contributed by atoms with Crippen LogP contribution in [0.15, 0.2) is 57.4 Å². The number of aromatic nitrogens is 5. The van der Waals surface area contributed by atoms with E-state index in [1.165, 1.54) is 22.2 Å². The fourth-order valence-electron chi connectivity index (χ4n) is 3.47. The van der Waals surface area contributed by atoms with Crippen LogP contribution in [0.3, 0.4) is 0 Å². The quantitative estimate of drug-likeness (QED) is 0.234. The van der Waals surface area contributed by atoms with Crippen molar-refractivity contribution in [2.45, 2.75) is 31.2 Å². The van der Waals surface area contributed by atoms with Crippen molar-refractivity contribution in [3.8, 4) is 32.9 Å². The summed E-state index contributed by atoms with van der Waals surface area (Å²) < 4.78 is 13.6. The van der Waals surface area contributed by atoms with Gasteiger partial charge in [0.15, 0.2) is 11.0 Å². The molecule has 0 unspecified atom stereocenters. The van der Waals surface area contributed by atoms with Crippen molar-refractivity contribution < 1.29 is 9.15 Å². The number of thioether (sulfide) groups is 1. The van der Waals surface area contributed by atoms with Crippen molar-refractivity contribution in [1.29, 1.82) is 0 Å². The van der Waals surface area contributed by atoms with E-state index in [0.717, 1.165) is 38.6 Å². The highest BCUT2D eigenvalue weighted by atomic mass is 32.2. The zero-order valence-corrected chi connectivity index (χ0v) is 20.8. The zero-order valence-electron chi connectivity index (χ0n) is 18.3. The van der Waals surface area contributed by atoms with E-state index in [2.05, 4.69) is 40.3 Å². The maximum atomic E-state index is 5.96. The monoisotopic (exact) mass is 495 g/mol. The van der Waals surface area contributed by atoms with Crippen LogP contribution in [0.5, 0.6) is 5.75 Å². The average Bonchev–Trinajstić information content (AvgIpc) is 3.63. The molecular formula is C23H21N5O2S3. The van der Waals surface area contributed by atoms with E-state index in [1.807, 2.05) is 46.3 Å². The molecule has 0 saturated heterocycles. The molecule has 7 nitrogen and oxygen atoms in total. The summed E-state index contributed by atoms with van der Waals surface area (Å²) in [5.41, 5.74) is 2.14. The number of benzene rings is 1. The number of hydrogen-bond donors (Lipinski definition) is 0. The molecule has 0 aliphatic carbocycles. The maximum absolute atomic E-state index is 5.96. The molecule has 0 bridgehead atoms. The Balaban J connectivity index is 1.44. The Bertz CT molecular complexity index is 1370. The number of ether oxygens (including phenoxy) is 1. The van der Waals surface area contributed by atoms with Crippen LogP contribution >= 0.6 is 34.4 Å². The van der Waals surface area contributed by atoms with Crippen LogP contribution in [0.1, 0.15) is 23.3 Å². The third-order valence-electron chi connectivity index (χ3n) is 5.05. The molecule has 0 aliphatic heterocycles. The number of para-hydroxylation sites is 2. The van der Waals surface area contributed by atoms with Gasteiger partial charge in [-0.15, -0.1) is 43.1 Å². The van der Waals surface area contributed by atoms with Gasteiger partial charge in [0.05, 0.1) is 28.3 Å². The van der Waals surface area contributed by atoms with Gasteiger partial charge in [-0.25, -0.2) is 0 Å². The molecule has 5 aromatic rings. The van der Waals surface area contributed by atoms with E-state index in [9.17, 15) is 0 Å². The van der Waals surface area contributed by atoms with Crippen molar-refractivity contribution in [2.24, 2.45) is 0 Å². The first-order valence-electron chi connectivity index (χ1n) is 10.4. The Hall–Kier alpha value is -2.95. The Morgan fingerprint density at radius 2 is 1.94 bits per heavy atom. The summed E-state index contributed by atoms with van der Waals surface area (Å²) in [7, 11) is 1.66. The fourth-order valence-corrected chi connectivity index (χ4v) is 5.99. The van der Waals surface area contributed by atoms with E-state index in [-0.39, 0.29) is 0 Å². The van der Waals surface area contributed by atoms with Gasteiger partial charge in [0.1, 0.15) is 5.75 Å². The van der Waals surface area contributed by atoms with Gasteiger partial charge in [0, 0.05) is 4.88 Å². The summed E-state index contributed by atoms with van der Waals surface area (Å²) in [6, 6.07) is 14.0. The highest BCUT2D eigenvalue weighted by Gasteiger charge is 2.21. The Morgan fingerprint density at radius 3 is 2.70 bits per heavy atom. The molecule has 10 heteroatoms. The van der Waals surface area contributed by atoms with Crippen molar-refractivity contribution >= 4 is 34.4 Å². The van der Waals surface area contributed by atoms with E-state index in [1.54, 1.807) is 29.8 Å². The summed E-state index contributed by atoms with van der Waals surface area (Å²) in [5.74, 6) is 3.10. The smallest absolute Gasteiger partial charge is 0.257 e. The van der Waals surface area contributed by atoms with Gasteiger partial charge in [-0.3, -0.25) is 4.57 Å². The molecule has 0 atom stereocenters. The summed E-state index contributed by atoms with van der Waals surface area (Å²) in [6.07, 6.45) is 0.999. The second-order valence-corrected chi connectivity index (χ2v) is 10.2. The molecule has 1 aromatic carbocycles. The number of nitrogens with zero attached hydrogens (tertiary/aromatic N) is 5. The van der Waals surface area contributed by atoms with E-state index < -0.39 is 0 Å². The predicted octanol–water partition coefficient (Wildman–Crippen LogP) is 6.28. The Labute approximate surface area is 203 Å². The average molecular weight is 496 g/mol. The predicted molar refractivity (Wildman–Crippen MR) is 133 cm³/mol. The summed E-state index contributed by atoms with van der Waals surface area (Å²) >= 11 is 4.82. The first kappa shape index (κ1) is 21.9. The molecule has 168 valence electrons. The van der Waals surface area contributed by atoms with Gasteiger partial charge >= 0.3 is 0 Å². The second-order valence-electron chi connectivity index (χ2n) is 7.15. The zero-order chi connectivity index (χ0) is 22.8. The number of hydrogen-bond acceptors (Lipinski definition) is 9. The van der Waals surface area contributed by atoms with Gasteiger partial charge < -0.3 is 9.15 Å². The number of thiophene rings is 2. The SMILES string of the molecule is CCc1sc(-c2nnc(CSc3nnc(-c4cccs4)n3-c3ccccc3OC)o2)cc1C. The number of aryl methyl sites for hydroxylation is 2. The number of methoxy groups -OCH3 is 1. The first-order valence-corrected chi connectivity index (χ1v) is 13.0. The fraction of sp³-hybridized carbons (Fsp3) is 0.217. The molecule has 0 spiro atoms. The van der Waals surface area contributed by atoms with Crippen molar-refractivity contribution in [1.82, 2.24) is 25.0 Å². The van der Waals surface area contributed by atoms with Gasteiger partial charge in [0.25, 0.3) is 5.89 Å². The van der Waals surface area contributed by atoms with Gasteiger partial charge in [-0.05, 0) is 48.6 Å². The Kier molecular flexibility index (Phi) is 6.30. The van der Waals surface area contributed by atoms with Gasteiger partial charge in [0.2, 0.25) is 5.89 Å². The highest BCUT2D eigenvalue weighted by Crippen LogP contribution is 2.36. The molecule has 0 fully saturated rings. The van der Waals surface area contributed by atoms with Gasteiger partial charge in [-0.1, -0.05) is 36.9 Å². The van der Waals surface area contributed by atoms with Crippen LogP contribution < -0.4 is 4.74 Å². The lowest BCUT2D eigenvalue weighted by Gasteiger charge is -2.12. The van der Waals surface area contributed by atoms with Crippen molar-refractivity contribution in [3.63, 3.8) is 0 Å². The molecule has 33 heavy (non-hydrogen) atoms. The van der Waals surface area contributed by atoms with E-state index in [0.29, 0.717) is 17.5 Å². The van der Waals surface area contributed by atoms with Crippen molar-refractivity contribution in [3.05, 3.63) is 64.2 Å². The van der Waals surface area contributed by atoms with Crippen LogP contribution in [-0.2, 0) is 12.2 Å². The lowest BCUT2D eigenvalue weighted by Crippen LogP contribution is -2.01. The lowest BCUT2D eigenvalue weighted by atomic mass is 10.2. The molecule has 0 radical (unpaired) electrons. The third-order valence-corrected chi connectivity index (χ3v) is 8.19. The van der Waals surface area contributed by atoms with E-state index in [4.69, 9.17) is 9.15 Å². The summed E-state index contributed by atoms with van der Waals surface area (Å²) in [5, 5.41) is 20.2. The third kappa shape index (κ3) is 4.33. The van der Waals surface area contributed by atoms with Crippen LogP contribution in [-0.4, -0.2) is 32.1 Å². The molecule has 0 aliphatic rings. The normalized spacial score (nSPS) is 11.2. The second kappa shape index (κ2) is 9.50. The summed E-state index contributed by atoms with van der Waals surface area (Å²) in [6.45, 7) is 4.27.